The minimum absolute atomic E-state index is 0.0226. The van der Waals surface area contributed by atoms with Crippen LogP contribution < -0.4 is 0 Å². The molecule has 1 heterocycles. The molecule has 1 aliphatic rings. The van der Waals surface area contributed by atoms with Crippen LogP contribution in [0.4, 0.5) is 4.79 Å². The van der Waals surface area contributed by atoms with Gasteiger partial charge in [0.05, 0.1) is 13.2 Å². The third-order valence-electron chi connectivity index (χ3n) is 4.54. The van der Waals surface area contributed by atoms with Crippen LogP contribution in [0.5, 0.6) is 0 Å². The second kappa shape index (κ2) is 9.17. The fourth-order valence-corrected chi connectivity index (χ4v) is 3.25. The first-order chi connectivity index (χ1) is 12.5. The van der Waals surface area contributed by atoms with Gasteiger partial charge in [-0.1, -0.05) is 43.3 Å². The number of amides is 3. The zero-order valence-electron chi connectivity index (χ0n) is 15.6. The van der Waals surface area contributed by atoms with Crippen molar-refractivity contribution in [2.45, 2.75) is 39.2 Å². The molecular weight excluding hydrogens is 332 g/mol. The van der Waals surface area contributed by atoms with Crippen LogP contribution in [0.25, 0.3) is 0 Å². The first-order valence-corrected chi connectivity index (χ1v) is 8.90. The summed E-state index contributed by atoms with van der Waals surface area (Å²) in [4.78, 5) is 40.0. The number of allylic oxidation sites excluding steroid dienone is 1. The largest absolute Gasteiger partial charge is 0.452 e. The van der Waals surface area contributed by atoms with Gasteiger partial charge in [0.2, 0.25) is 5.91 Å². The molecule has 0 spiro atoms. The molecule has 1 fully saturated rings. The molecule has 3 amide bonds. The number of methoxy groups -OCH3 is 1. The zero-order chi connectivity index (χ0) is 19.1. The van der Waals surface area contributed by atoms with E-state index >= 15 is 0 Å². The van der Waals surface area contributed by atoms with Crippen molar-refractivity contribution < 1.29 is 19.1 Å². The quantitative estimate of drug-likeness (QED) is 0.758. The van der Waals surface area contributed by atoms with E-state index in [1.54, 1.807) is 17.9 Å². The minimum Gasteiger partial charge on any atom is -0.452 e. The van der Waals surface area contributed by atoms with E-state index in [2.05, 4.69) is 0 Å². The Bertz CT molecular complexity index is 684. The van der Waals surface area contributed by atoms with Crippen molar-refractivity contribution in [2.75, 3.05) is 20.2 Å². The van der Waals surface area contributed by atoms with Crippen LogP contribution in [0.3, 0.4) is 0 Å². The van der Waals surface area contributed by atoms with Gasteiger partial charge in [0, 0.05) is 12.1 Å². The maximum absolute atomic E-state index is 12.8. The highest BCUT2D eigenvalue weighted by atomic mass is 16.5. The Morgan fingerprint density at radius 3 is 2.58 bits per heavy atom. The van der Waals surface area contributed by atoms with Crippen LogP contribution in [0.15, 0.2) is 42.0 Å². The van der Waals surface area contributed by atoms with Crippen LogP contribution >= 0.6 is 0 Å². The van der Waals surface area contributed by atoms with Crippen molar-refractivity contribution in [2.24, 2.45) is 0 Å². The molecular formula is C20H26N2O4. The number of nitrogens with zero attached hydrogens (tertiary/aromatic N) is 2. The van der Waals surface area contributed by atoms with Crippen LogP contribution in [0, 0.1) is 0 Å². The van der Waals surface area contributed by atoms with E-state index in [4.69, 9.17) is 4.74 Å². The van der Waals surface area contributed by atoms with E-state index in [-0.39, 0.29) is 18.5 Å². The average molecular weight is 358 g/mol. The van der Waals surface area contributed by atoms with Gasteiger partial charge in [-0.3, -0.25) is 9.59 Å². The second-order valence-electron chi connectivity index (χ2n) is 6.31. The van der Waals surface area contributed by atoms with Gasteiger partial charge in [0.1, 0.15) is 6.54 Å². The zero-order valence-corrected chi connectivity index (χ0v) is 15.6. The smallest absolute Gasteiger partial charge is 0.416 e. The highest BCUT2D eigenvalue weighted by molar-refractivity contribution is 6.04. The molecule has 1 atom stereocenters. The molecule has 26 heavy (non-hydrogen) atoms. The van der Waals surface area contributed by atoms with Gasteiger partial charge >= 0.3 is 6.09 Å². The summed E-state index contributed by atoms with van der Waals surface area (Å²) < 4.78 is 4.71. The molecule has 0 radical (unpaired) electrons. The fourth-order valence-electron chi connectivity index (χ4n) is 3.25. The van der Waals surface area contributed by atoms with E-state index in [0.717, 1.165) is 23.3 Å². The van der Waals surface area contributed by atoms with Gasteiger partial charge in [0.15, 0.2) is 0 Å². The maximum atomic E-state index is 12.8. The molecule has 140 valence electrons. The number of benzene rings is 1. The predicted octanol–water partition coefficient (Wildman–Crippen LogP) is 3.30. The predicted molar refractivity (Wildman–Crippen MR) is 98.3 cm³/mol. The number of likely N-dealkylation sites (tertiary alicyclic amines) is 1. The normalized spacial score (nSPS) is 17.1. The highest BCUT2D eigenvalue weighted by Gasteiger charge is 2.33. The van der Waals surface area contributed by atoms with Crippen LogP contribution in [-0.2, 0) is 14.3 Å². The number of rotatable bonds is 5. The van der Waals surface area contributed by atoms with Crippen molar-refractivity contribution in [3.05, 3.63) is 47.5 Å². The Balaban J connectivity index is 2.17. The number of hydrogen-bond acceptors (Lipinski definition) is 4. The number of carbonyl (C=O) groups excluding carboxylic acids is 3. The lowest BCUT2D eigenvalue weighted by Crippen LogP contribution is -2.45. The Labute approximate surface area is 154 Å². The standard InChI is InChI=1S/C20H26N2O4/c1-4-9-15(2)19(24)22(20(25)26-3)14-18(23)21-13-8-12-17(21)16-10-6-5-7-11-16/h5-7,9-11,17H,4,8,12-14H2,1-3H3/b15-9+/t17-/m1/s1. The van der Waals surface area contributed by atoms with Crippen molar-refractivity contribution in [1.29, 1.82) is 0 Å². The first kappa shape index (κ1) is 19.7. The molecule has 1 aliphatic heterocycles. The van der Waals surface area contributed by atoms with Gasteiger partial charge in [-0.2, -0.15) is 0 Å². The summed E-state index contributed by atoms with van der Waals surface area (Å²) in [7, 11) is 1.20. The van der Waals surface area contributed by atoms with Crippen molar-refractivity contribution >= 4 is 17.9 Å². The average Bonchev–Trinajstić information content (AvgIpc) is 3.15. The molecule has 0 aliphatic carbocycles. The lowest BCUT2D eigenvalue weighted by atomic mass is 10.0. The summed E-state index contributed by atoms with van der Waals surface area (Å²) >= 11 is 0. The molecule has 6 nitrogen and oxygen atoms in total. The second-order valence-corrected chi connectivity index (χ2v) is 6.31. The lowest BCUT2D eigenvalue weighted by Gasteiger charge is -2.28. The topological polar surface area (TPSA) is 66.9 Å². The highest BCUT2D eigenvalue weighted by Crippen LogP contribution is 2.31. The first-order valence-electron chi connectivity index (χ1n) is 8.90. The van der Waals surface area contributed by atoms with Crippen molar-refractivity contribution in [3.8, 4) is 0 Å². The maximum Gasteiger partial charge on any atom is 0.416 e. The molecule has 1 saturated heterocycles. The molecule has 0 N–H and O–H groups in total. The summed E-state index contributed by atoms with van der Waals surface area (Å²) in [5, 5.41) is 0. The summed E-state index contributed by atoms with van der Waals surface area (Å²) in [5.41, 5.74) is 1.49. The molecule has 6 heteroatoms. The number of hydrogen-bond donors (Lipinski definition) is 0. The van der Waals surface area contributed by atoms with Crippen LogP contribution in [0.1, 0.15) is 44.7 Å². The van der Waals surface area contributed by atoms with Gasteiger partial charge in [0.25, 0.3) is 5.91 Å². The minimum atomic E-state index is -0.817. The Hall–Kier alpha value is -2.63. The molecule has 0 bridgehead atoms. The third-order valence-corrected chi connectivity index (χ3v) is 4.54. The van der Waals surface area contributed by atoms with E-state index < -0.39 is 12.0 Å². The molecule has 1 aromatic rings. The van der Waals surface area contributed by atoms with E-state index in [1.807, 2.05) is 37.3 Å². The Morgan fingerprint density at radius 1 is 1.27 bits per heavy atom. The number of ether oxygens (including phenoxy) is 1. The van der Waals surface area contributed by atoms with Crippen LogP contribution in [-0.4, -0.2) is 47.9 Å². The molecule has 1 aromatic carbocycles. The third kappa shape index (κ3) is 4.50. The van der Waals surface area contributed by atoms with E-state index in [0.29, 0.717) is 18.5 Å². The monoisotopic (exact) mass is 358 g/mol. The molecule has 0 saturated carbocycles. The SMILES string of the molecule is CC/C=C(\C)C(=O)N(CC(=O)N1CCC[C@@H]1c1ccccc1)C(=O)OC. The van der Waals surface area contributed by atoms with Crippen LogP contribution in [0.2, 0.25) is 0 Å². The molecule has 0 aromatic heterocycles. The number of carbonyl (C=O) groups is 3. The number of imide groups is 1. The molecule has 0 unspecified atom stereocenters. The van der Waals surface area contributed by atoms with Crippen molar-refractivity contribution in [3.63, 3.8) is 0 Å². The van der Waals surface area contributed by atoms with Crippen molar-refractivity contribution in [1.82, 2.24) is 9.80 Å². The Morgan fingerprint density at radius 2 is 1.96 bits per heavy atom. The van der Waals surface area contributed by atoms with E-state index in [9.17, 15) is 14.4 Å². The summed E-state index contributed by atoms with van der Waals surface area (Å²) in [6.45, 7) is 3.84. The summed E-state index contributed by atoms with van der Waals surface area (Å²) in [5.74, 6) is -0.748. The van der Waals surface area contributed by atoms with E-state index in [1.165, 1.54) is 7.11 Å². The summed E-state index contributed by atoms with van der Waals surface area (Å²) in [6, 6.07) is 9.79. The van der Waals surface area contributed by atoms with Gasteiger partial charge in [-0.25, -0.2) is 9.69 Å². The summed E-state index contributed by atoms with van der Waals surface area (Å²) in [6.07, 6.45) is 3.35. The lowest BCUT2D eigenvalue weighted by molar-refractivity contribution is -0.138. The fraction of sp³-hybridized carbons (Fsp3) is 0.450. The Kier molecular flexibility index (Phi) is 6.95. The van der Waals surface area contributed by atoms with Gasteiger partial charge < -0.3 is 9.64 Å². The molecule has 2 rings (SSSR count). The van der Waals surface area contributed by atoms with Gasteiger partial charge in [-0.15, -0.1) is 0 Å². The van der Waals surface area contributed by atoms with Gasteiger partial charge in [-0.05, 0) is 31.7 Å².